The first-order valence-corrected chi connectivity index (χ1v) is 8.93. The van der Waals surface area contributed by atoms with Crippen LogP contribution < -0.4 is 5.32 Å². The molecule has 2 aromatic rings. The number of hydrogen-bond acceptors (Lipinski definition) is 4. The zero-order valence-corrected chi connectivity index (χ0v) is 15.6. The van der Waals surface area contributed by atoms with Crippen molar-refractivity contribution in [3.05, 3.63) is 41.0 Å². The fraction of sp³-hybridized carbons (Fsp3) is 0.500. The Morgan fingerprint density at radius 2 is 1.92 bits per heavy atom. The molecular formula is C16H19ClF4N4S. The van der Waals surface area contributed by atoms with Crippen LogP contribution in [0.2, 0.25) is 0 Å². The Kier molecular flexibility index (Phi) is 6.92. The molecule has 0 saturated carbocycles. The minimum atomic E-state index is -4.54. The third-order valence-electron chi connectivity index (χ3n) is 4.31. The molecule has 1 aromatic heterocycles. The molecule has 0 atom stereocenters. The Morgan fingerprint density at radius 3 is 2.54 bits per heavy atom. The topological polar surface area (TPSA) is 42.7 Å². The molecule has 0 amide bonds. The molecule has 3 rings (SSSR count). The summed E-state index contributed by atoms with van der Waals surface area (Å²) < 4.78 is 53.6. The lowest BCUT2D eigenvalue weighted by molar-refractivity contribution is -0.137. The van der Waals surface area contributed by atoms with Crippen LogP contribution >= 0.6 is 24.2 Å². The third kappa shape index (κ3) is 4.69. The molecule has 10 heteroatoms. The summed E-state index contributed by atoms with van der Waals surface area (Å²) in [6, 6.07) is 2.61. The number of nitrogens with zero attached hydrogens (tertiary/aromatic N) is 3. The lowest BCUT2D eigenvalue weighted by Crippen LogP contribution is -2.27. The quantitative estimate of drug-likeness (QED) is 0.607. The summed E-state index contributed by atoms with van der Waals surface area (Å²) in [5, 5.41) is 12.3. The second-order valence-electron chi connectivity index (χ2n) is 6.02. The van der Waals surface area contributed by atoms with Crippen molar-refractivity contribution in [3.63, 3.8) is 0 Å². The molecule has 1 aliphatic heterocycles. The summed E-state index contributed by atoms with van der Waals surface area (Å²) >= 11 is 1.26. The van der Waals surface area contributed by atoms with Gasteiger partial charge in [-0.15, -0.1) is 22.6 Å². The first-order chi connectivity index (χ1) is 11.9. The third-order valence-corrected chi connectivity index (χ3v) is 5.38. The Balaban J connectivity index is 0.00000243. The number of benzene rings is 1. The maximum absolute atomic E-state index is 13.9. The number of alkyl halides is 3. The largest absolute Gasteiger partial charge is 0.416 e. The number of aromatic nitrogens is 3. The standard InChI is InChI=1S/C16H18F4N4S.ClH/c1-24-14(10-4-6-21-7-5-10)22-23-15(24)25-9-11-2-3-12(8-13(11)17)16(18,19)20;/h2-3,8,10,21H,4-7,9H2,1H3;1H. The number of piperidine rings is 1. The van der Waals surface area contributed by atoms with E-state index in [1.807, 2.05) is 11.6 Å². The Bertz CT molecular complexity index is 744. The number of rotatable bonds is 4. The van der Waals surface area contributed by atoms with Crippen LogP contribution in [0.5, 0.6) is 0 Å². The summed E-state index contributed by atoms with van der Waals surface area (Å²) in [5.74, 6) is 0.582. The lowest BCUT2D eigenvalue weighted by Gasteiger charge is -2.21. The van der Waals surface area contributed by atoms with Gasteiger partial charge in [0.1, 0.15) is 11.6 Å². The van der Waals surface area contributed by atoms with E-state index in [2.05, 4.69) is 15.5 Å². The van der Waals surface area contributed by atoms with E-state index in [-0.39, 0.29) is 23.7 Å². The molecule has 2 heterocycles. The first-order valence-electron chi connectivity index (χ1n) is 7.94. The predicted molar refractivity (Wildman–Crippen MR) is 94.1 cm³/mol. The molecule has 1 fully saturated rings. The smallest absolute Gasteiger partial charge is 0.317 e. The maximum Gasteiger partial charge on any atom is 0.416 e. The van der Waals surface area contributed by atoms with Crippen LogP contribution in [0.3, 0.4) is 0 Å². The van der Waals surface area contributed by atoms with Gasteiger partial charge in [-0.2, -0.15) is 13.2 Å². The number of hydrogen-bond donors (Lipinski definition) is 1. The molecule has 1 aliphatic rings. The fourth-order valence-electron chi connectivity index (χ4n) is 2.87. The van der Waals surface area contributed by atoms with Crippen molar-refractivity contribution in [1.29, 1.82) is 0 Å². The van der Waals surface area contributed by atoms with Crippen LogP contribution in [0, 0.1) is 5.82 Å². The molecule has 0 bridgehead atoms. The van der Waals surface area contributed by atoms with Crippen LogP contribution in [0.4, 0.5) is 17.6 Å². The molecule has 0 spiro atoms. The van der Waals surface area contributed by atoms with Crippen molar-refractivity contribution in [3.8, 4) is 0 Å². The average Bonchev–Trinajstić information content (AvgIpc) is 2.94. The second kappa shape index (κ2) is 8.58. The van der Waals surface area contributed by atoms with Crippen molar-refractivity contribution >= 4 is 24.2 Å². The summed E-state index contributed by atoms with van der Waals surface area (Å²) in [6.07, 6.45) is -2.56. The highest BCUT2D eigenvalue weighted by Crippen LogP contribution is 2.32. The minimum Gasteiger partial charge on any atom is -0.317 e. The normalized spacial score (nSPS) is 15.7. The van der Waals surface area contributed by atoms with Gasteiger partial charge in [0.05, 0.1) is 5.56 Å². The van der Waals surface area contributed by atoms with Gasteiger partial charge in [-0.25, -0.2) is 4.39 Å². The highest BCUT2D eigenvalue weighted by atomic mass is 35.5. The molecule has 4 nitrogen and oxygen atoms in total. The van der Waals surface area contributed by atoms with Crippen LogP contribution in [-0.4, -0.2) is 27.9 Å². The summed E-state index contributed by atoms with van der Waals surface area (Å²) in [4.78, 5) is 0. The Labute approximate surface area is 159 Å². The highest BCUT2D eigenvalue weighted by molar-refractivity contribution is 7.98. The van der Waals surface area contributed by atoms with Crippen LogP contribution in [0.25, 0.3) is 0 Å². The Morgan fingerprint density at radius 1 is 1.23 bits per heavy atom. The first kappa shape index (κ1) is 21.0. The van der Waals surface area contributed by atoms with Crippen molar-refractivity contribution < 1.29 is 17.6 Å². The summed E-state index contributed by atoms with van der Waals surface area (Å²) in [5.41, 5.74) is -0.769. The average molecular weight is 411 g/mol. The van der Waals surface area contributed by atoms with Gasteiger partial charge < -0.3 is 9.88 Å². The molecule has 1 N–H and O–H groups in total. The van der Waals surface area contributed by atoms with Gasteiger partial charge in [-0.05, 0) is 43.6 Å². The minimum absolute atomic E-state index is 0. The molecule has 144 valence electrons. The fourth-order valence-corrected chi connectivity index (χ4v) is 3.77. The monoisotopic (exact) mass is 410 g/mol. The zero-order chi connectivity index (χ0) is 18.0. The Hall–Kier alpha value is -1.32. The van der Waals surface area contributed by atoms with Gasteiger partial charge in [0.15, 0.2) is 5.16 Å². The van der Waals surface area contributed by atoms with E-state index in [0.29, 0.717) is 17.1 Å². The van der Waals surface area contributed by atoms with Gasteiger partial charge >= 0.3 is 6.18 Å². The molecule has 0 radical (unpaired) electrons. The highest BCUT2D eigenvalue weighted by Gasteiger charge is 2.31. The molecule has 0 unspecified atom stereocenters. The van der Waals surface area contributed by atoms with E-state index in [9.17, 15) is 17.6 Å². The van der Waals surface area contributed by atoms with E-state index in [4.69, 9.17) is 0 Å². The van der Waals surface area contributed by atoms with E-state index in [0.717, 1.165) is 37.8 Å². The van der Waals surface area contributed by atoms with Crippen LogP contribution in [0.1, 0.15) is 35.7 Å². The van der Waals surface area contributed by atoms with E-state index < -0.39 is 17.6 Å². The van der Waals surface area contributed by atoms with Gasteiger partial charge in [0.25, 0.3) is 0 Å². The second-order valence-corrected chi connectivity index (χ2v) is 6.96. The molecule has 1 saturated heterocycles. The van der Waals surface area contributed by atoms with E-state index in [1.165, 1.54) is 17.8 Å². The SMILES string of the molecule is Cl.Cn1c(SCc2ccc(C(F)(F)F)cc2F)nnc1C1CCNCC1. The van der Waals surface area contributed by atoms with Crippen molar-refractivity contribution in [2.45, 2.75) is 35.8 Å². The number of thioether (sulfide) groups is 1. The zero-order valence-electron chi connectivity index (χ0n) is 14.0. The van der Waals surface area contributed by atoms with Crippen LogP contribution in [-0.2, 0) is 19.0 Å². The maximum atomic E-state index is 13.9. The molecular weight excluding hydrogens is 392 g/mol. The van der Waals surface area contributed by atoms with Gasteiger partial charge in [-0.3, -0.25) is 0 Å². The lowest BCUT2D eigenvalue weighted by atomic mass is 9.97. The van der Waals surface area contributed by atoms with Crippen LogP contribution in [0.15, 0.2) is 23.4 Å². The predicted octanol–water partition coefficient (Wildman–Crippen LogP) is 4.15. The van der Waals surface area contributed by atoms with Gasteiger partial charge in [-0.1, -0.05) is 17.8 Å². The summed E-state index contributed by atoms with van der Waals surface area (Å²) in [6.45, 7) is 1.88. The van der Waals surface area contributed by atoms with E-state index >= 15 is 0 Å². The number of nitrogens with one attached hydrogen (secondary N) is 1. The van der Waals surface area contributed by atoms with Crippen molar-refractivity contribution in [1.82, 2.24) is 20.1 Å². The molecule has 0 aliphatic carbocycles. The summed E-state index contributed by atoms with van der Waals surface area (Å²) in [7, 11) is 1.86. The van der Waals surface area contributed by atoms with Gasteiger partial charge in [0, 0.05) is 18.7 Å². The molecule has 1 aromatic carbocycles. The molecule has 26 heavy (non-hydrogen) atoms. The van der Waals surface area contributed by atoms with Gasteiger partial charge in [0.2, 0.25) is 0 Å². The van der Waals surface area contributed by atoms with E-state index in [1.54, 1.807) is 0 Å². The number of halogens is 5. The van der Waals surface area contributed by atoms with Crippen molar-refractivity contribution in [2.24, 2.45) is 7.05 Å². The van der Waals surface area contributed by atoms with Crippen molar-refractivity contribution in [2.75, 3.05) is 13.1 Å².